The molecule has 0 amide bonds. The molecule has 22 heavy (non-hydrogen) atoms. The van der Waals surface area contributed by atoms with Crippen LogP contribution >= 0.6 is 0 Å². The van der Waals surface area contributed by atoms with Gasteiger partial charge >= 0.3 is 130 Å². The van der Waals surface area contributed by atoms with E-state index in [0.29, 0.717) is 5.69 Å². The molecule has 0 fully saturated rings. The SMILES string of the molecule is Cc1cc(C)nc(N(C(=N)N)c2ccc([As](=O)(O)O)cc2)n1. The van der Waals surface area contributed by atoms with Gasteiger partial charge in [-0.1, -0.05) is 0 Å². The van der Waals surface area contributed by atoms with Gasteiger partial charge in [0.25, 0.3) is 0 Å². The van der Waals surface area contributed by atoms with Gasteiger partial charge in [0.05, 0.1) is 0 Å². The van der Waals surface area contributed by atoms with Crippen LogP contribution in [0.2, 0.25) is 0 Å². The molecule has 5 N–H and O–H groups in total. The van der Waals surface area contributed by atoms with E-state index < -0.39 is 14.2 Å². The summed E-state index contributed by atoms with van der Waals surface area (Å²) in [7, 11) is 0. The van der Waals surface area contributed by atoms with Gasteiger partial charge in [0.15, 0.2) is 0 Å². The molecule has 1 aromatic carbocycles. The van der Waals surface area contributed by atoms with Crippen LogP contribution in [0.3, 0.4) is 0 Å². The molecule has 0 aliphatic carbocycles. The molecular weight excluding hydrogens is 349 g/mol. The summed E-state index contributed by atoms with van der Waals surface area (Å²) < 4.78 is 29.6. The van der Waals surface area contributed by atoms with Crippen LogP contribution < -0.4 is 15.0 Å². The quantitative estimate of drug-likeness (QED) is 0.333. The number of aromatic nitrogens is 2. The predicted molar refractivity (Wildman–Crippen MR) is 82.5 cm³/mol. The average molecular weight is 365 g/mol. The summed E-state index contributed by atoms with van der Waals surface area (Å²) in [4.78, 5) is 9.80. The maximum atomic E-state index is 11.3. The normalized spacial score (nSPS) is 11.3. The van der Waals surface area contributed by atoms with Crippen LogP contribution in [-0.2, 0) is 3.74 Å². The Balaban J connectivity index is 2.49. The molecule has 2 rings (SSSR count). The van der Waals surface area contributed by atoms with Crippen molar-refractivity contribution in [3.8, 4) is 0 Å². The minimum atomic E-state index is -4.94. The molecule has 2 aromatic rings. The number of benzene rings is 1. The Morgan fingerprint density at radius 1 is 1.18 bits per heavy atom. The van der Waals surface area contributed by atoms with Gasteiger partial charge in [-0.25, -0.2) is 0 Å². The van der Waals surface area contributed by atoms with Gasteiger partial charge < -0.3 is 0 Å². The molecule has 0 atom stereocenters. The van der Waals surface area contributed by atoms with Crippen molar-refractivity contribution in [3.63, 3.8) is 0 Å². The number of aryl methyl sites for hydroxylation is 2. The topological polar surface area (TPSA) is 136 Å². The Morgan fingerprint density at radius 2 is 1.68 bits per heavy atom. The van der Waals surface area contributed by atoms with Crippen LogP contribution in [0.25, 0.3) is 0 Å². The summed E-state index contributed by atoms with van der Waals surface area (Å²) in [5.74, 6) is -0.0569. The molecule has 0 unspecified atom stereocenters. The Kier molecular flexibility index (Phi) is 4.37. The standard InChI is InChI=1S/C13H16AsN5O3/c1-8-7-9(2)18-13(17-8)19(12(15)16)11-5-3-10(4-6-11)14(20,21)22/h3-7H,1-2H3,(H3,15,16)(H2,20,21,22). The third-order valence-electron chi connectivity index (χ3n) is 2.86. The zero-order valence-electron chi connectivity index (χ0n) is 12.1. The second kappa shape index (κ2) is 5.92. The van der Waals surface area contributed by atoms with E-state index in [9.17, 15) is 11.9 Å². The number of guanidine groups is 1. The van der Waals surface area contributed by atoms with E-state index in [2.05, 4.69) is 9.97 Å². The molecule has 9 heteroatoms. The number of nitrogens with zero attached hydrogens (tertiary/aromatic N) is 3. The van der Waals surface area contributed by atoms with E-state index in [1.807, 2.05) is 0 Å². The van der Waals surface area contributed by atoms with Crippen molar-refractivity contribution in [2.24, 2.45) is 5.73 Å². The molecule has 0 radical (unpaired) electrons. The van der Waals surface area contributed by atoms with Gasteiger partial charge in [-0.05, 0) is 0 Å². The summed E-state index contributed by atoms with van der Waals surface area (Å²) in [5.41, 5.74) is 7.51. The van der Waals surface area contributed by atoms with Gasteiger partial charge in [0, 0.05) is 0 Å². The molecule has 0 bridgehead atoms. The predicted octanol–water partition coefficient (Wildman–Crippen LogP) is -0.314. The molecule has 0 aliphatic rings. The van der Waals surface area contributed by atoms with Crippen molar-refractivity contribution in [2.45, 2.75) is 13.8 Å². The van der Waals surface area contributed by atoms with E-state index in [1.165, 1.54) is 29.2 Å². The van der Waals surface area contributed by atoms with Crippen molar-refractivity contribution in [1.29, 1.82) is 5.41 Å². The molecule has 1 aromatic heterocycles. The number of rotatable bonds is 3. The van der Waals surface area contributed by atoms with Crippen molar-refractivity contribution in [3.05, 3.63) is 41.7 Å². The van der Waals surface area contributed by atoms with Crippen LogP contribution in [0, 0.1) is 19.3 Å². The molecule has 8 nitrogen and oxygen atoms in total. The summed E-state index contributed by atoms with van der Waals surface area (Å²) in [6, 6.07) is 7.36. The summed E-state index contributed by atoms with van der Waals surface area (Å²) in [6.07, 6.45) is 0. The Labute approximate surface area is 130 Å². The van der Waals surface area contributed by atoms with E-state index in [0.717, 1.165) is 11.4 Å². The Morgan fingerprint density at radius 3 is 2.09 bits per heavy atom. The van der Waals surface area contributed by atoms with E-state index in [1.54, 1.807) is 19.9 Å². The monoisotopic (exact) mass is 365 g/mol. The first kappa shape index (κ1) is 16.2. The van der Waals surface area contributed by atoms with E-state index in [-0.39, 0.29) is 16.3 Å². The van der Waals surface area contributed by atoms with Crippen LogP contribution in [0.4, 0.5) is 11.6 Å². The molecule has 0 saturated carbocycles. The molecule has 0 saturated heterocycles. The molecule has 0 spiro atoms. The second-order valence-corrected chi connectivity index (χ2v) is 8.10. The molecule has 0 aliphatic heterocycles. The molecular formula is C13H16AsN5O3. The minimum absolute atomic E-state index is 0.0493. The Hall–Kier alpha value is -2.15. The van der Waals surface area contributed by atoms with Crippen LogP contribution in [0.15, 0.2) is 30.3 Å². The maximum absolute atomic E-state index is 11.3. The number of nitrogens with two attached hydrogens (primary N) is 1. The Bertz CT molecular complexity index is 737. The fourth-order valence-electron chi connectivity index (χ4n) is 1.97. The third-order valence-corrected chi connectivity index (χ3v) is 4.89. The van der Waals surface area contributed by atoms with Crippen LogP contribution in [0.5, 0.6) is 0 Å². The summed E-state index contributed by atoms with van der Waals surface area (Å²) in [6.45, 7) is 3.60. The van der Waals surface area contributed by atoms with Crippen molar-refractivity contribution >= 4 is 36.1 Å². The van der Waals surface area contributed by atoms with Crippen molar-refractivity contribution in [1.82, 2.24) is 9.97 Å². The van der Waals surface area contributed by atoms with E-state index in [4.69, 9.17) is 11.1 Å². The zero-order valence-corrected chi connectivity index (χ0v) is 13.9. The summed E-state index contributed by atoms with van der Waals surface area (Å²) >= 11 is -4.94. The molecule has 1 heterocycles. The van der Waals surface area contributed by atoms with Gasteiger partial charge in [-0.2, -0.15) is 0 Å². The van der Waals surface area contributed by atoms with Crippen LogP contribution in [0.1, 0.15) is 11.4 Å². The van der Waals surface area contributed by atoms with Gasteiger partial charge in [-0.15, -0.1) is 0 Å². The number of nitrogens with one attached hydrogen (secondary N) is 1. The average Bonchev–Trinajstić information content (AvgIpc) is 2.36. The number of hydrogen-bond acceptors (Lipinski definition) is 4. The first-order valence-corrected chi connectivity index (χ1v) is 9.69. The first-order valence-electron chi connectivity index (χ1n) is 6.31. The molecule has 116 valence electrons. The van der Waals surface area contributed by atoms with Gasteiger partial charge in [0.1, 0.15) is 0 Å². The fraction of sp³-hybridized carbons (Fsp3) is 0.154. The number of hydrogen-bond donors (Lipinski definition) is 4. The van der Waals surface area contributed by atoms with Crippen LogP contribution in [-0.4, -0.2) is 38.3 Å². The zero-order chi connectivity index (χ0) is 16.5. The fourth-order valence-corrected chi connectivity index (χ4v) is 3.09. The van der Waals surface area contributed by atoms with Crippen molar-refractivity contribution < 1.29 is 11.9 Å². The number of anilines is 2. The van der Waals surface area contributed by atoms with Gasteiger partial charge in [-0.3, -0.25) is 0 Å². The van der Waals surface area contributed by atoms with E-state index >= 15 is 0 Å². The third kappa shape index (κ3) is 3.54. The van der Waals surface area contributed by atoms with Crippen molar-refractivity contribution in [2.75, 3.05) is 4.90 Å². The first-order chi connectivity index (χ1) is 10.2. The van der Waals surface area contributed by atoms with Gasteiger partial charge in [0.2, 0.25) is 0 Å². The second-order valence-electron chi connectivity index (χ2n) is 4.73. The summed E-state index contributed by atoms with van der Waals surface area (Å²) in [5, 5.41) is 7.72.